The van der Waals surface area contributed by atoms with Crippen molar-refractivity contribution in [2.45, 2.75) is 40.5 Å². The van der Waals surface area contributed by atoms with Crippen LogP contribution in [0.3, 0.4) is 0 Å². The summed E-state index contributed by atoms with van der Waals surface area (Å²) in [6.07, 6.45) is 4.83. The van der Waals surface area contributed by atoms with E-state index in [9.17, 15) is 5.11 Å². The standard InChI is InChI=1S/C17H25NO/c1-11-7-12(2)9-15(8-11)10-18-16-6-5-13(3)17(19)14(16)4/h5-7,11,15,18-19H,8-10H2,1-4H3. The van der Waals surface area contributed by atoms with Crippen LogP contribution >= 0.6 is 0 Å². The molecule has 0 radical (unpaired) electrons. The zero-order chi connectivity index (χ0) is 14.0. The number of benzene rings is 1. The van der Waals surface area contributed by atoms with Crippen molar-refractivity contribution in [3.05, 3.63) is 34.9 Å². The Morgan fingerprint density at radius 2 is 2.00 bits per heavy atom. The molecule has 2 N–H and O–H groups in total. The Hall–Kier alpha value is -1.44. The van der Waals surface area contributed by atoms with Gasteiger partial charge >= 0.3 is 0 Å². The van der Waals surface area contributed by atoms with E-state index in [4.69, 9.17) is 0 Å². The van der Waals surface area contributed by atoms with Gasteiger partial charge in [0.2, 0.25) is 0 Å². The number of hydrogen-bond donors (Lipinski definition) is 2. The predicted octanol–water partition coefficient (Wildman–Crippen LogP) is 4.41. The molecule has 2 nitrogen and oxygen atoms in total. The largest absolute Gasteiger partial charge is 0.507 e. The van der Waals surface area contributed by atoms with Crippen molar-refractivity contribution in [3.63, 3.8) is 0 Å². The number of nitrogens with one attached hydrogen (secondary N) is 1. The molecule has 19 heavy (non-hydrogen) atoms. The maximum atomic E-state index is 9.96. The molecule has 2 atom stereocenters. The fraction of sp³-hybridized carbons (Fsp3) is 0.529. The van der Waals surface area contributed by atoms with E-state index >= 15 is 0 Å². The zero-order valence-corrected chi connectivity index (χ0v) is 12.5. The number of aryl methyl sites for hydroxylation is 1. The maximum absolute atomic E-state index is 9.96. The van der Waals surface area contributed by atoms with Crippen LogP contribution in [0, 0.1) is 25.7 Å². The highest BCUT2D eigenvalue weighted by molar-refractivity contribution is 5.59. The molecule has 0 aliphatic heterocycles. The van der Waals surface area contributed by atoms with Gasteiger partial charge in [0.25, 0.3) is 0 Å². The number of allylic oxidation sites excluding steroid dienone is 2. The molecule has 0 fully saturated rings. The third kappa shape index (κ3) is 3.31. The van der Waals surface area contributed by atoms with Gasteiger partial charge in [-0.3, -0.25) is 0 Å². The number of aromatic hydroxyl groups is 1. The monoisotopic (exact) mass is 259 g/mol. The topological polar surface area (TPSA) is 32.3 Å². The van der Waals surface area contributed by atoms with E-state index in [0.717, 1.165) is 23.4 Å². The molecule has 0 amide bonds. The summed E-state index contributed by atoms with van der Waals surface area (Å²) in [6.45, 7) is 9.41. The minimum atomic E-state index is 0.415. The summed E-state index contributed by atoms with van der Waals surface area (Å²) in [6, 6.07) is 4.04. The van der Waals surface area contributed by atoms with Crippen LogP contribution in [-0.4, -0.2) is 11.7 Å². The summed E-state index contributed by atoms with van der Waals surface area (Å²) in [5.41, 5.74) is 4.46. The van der Waals surface area contributed by atoms with Crippen molar-refractivity contribution < 1.29 is 5.11 Å². The highest BCUT2D eigenvalue weighted by Gasteiger charge is 2.18. The van der Waals surface area contributed by atoms with E-state index in [1.165, 1.54) is 18.4 Å². The molecule has 0 heterocycles. The summed E-state index contributed by atoms with van der Waals surface area (Å²) in [5.74, 6) is 1.80. The smallest absolute Gasteiger partial charge is 0.123 e. The molecule has 1 aromatic rings. The number of phenols is 1. The second-order valence-electron chi connectivity index (χ2n) is 6.08. The minimum Gasteiger partial charge on any atom is -0.507 e. The number of anilines is 1. The quantitative estimate of drug-likeness (QED) is 0.788. The van der Waals surface area contributed by atoms with E-state index in [1.807, 2.05) is 19.9 Å². The molecule has 0 saturated heterocycles. The van der Waals surface area contributed by atoms with Crippen LogP contribution in [0.2, 0.25) is 0 Å². The first-order chi connectivity index (χ1) is 8.97. The fourth-order valence-electron chi connectivity index (χ4n) is 3.12. The summed E-state index contributed by atoms with van der Waals surface area (Å²) >= 11 is 0. The van der Waals surface area contributed by atoms with Gasteiger partial charge < -0.3 is 10.4 Å². The molecule has 2 heteroatoms. The van der Waals surface area contributed by atoms with E-state index < -0.39 is 0 Å². The average molecular weight is 259 g/mol. The van der Waals surface area contributed by atoms with Gasteiger partial charge in [0.1, 0.15) is 5.75 Å². The van der Waals surface area contributed by atoms with Gasteiger partial charge in [0.05, 0.1) is 0 Å². The van der Waals surface area contributed by atoms with Gasteiger partial charge in [0.15, 0.2) is 0 Å². The molecule has 2 rings (SSSR count). The zero-order valence-electron chi connectivity index (χ0n) is 12.5. The first kappa shape index (κ1) is 14.0. The number of phenolic OH excluding ortho intramolecular Hbond substituents is 1. The van der Waals surface area contributed by atoms with Crippen LogP contribution in [-0.2, 0) is 0 Å². The van der Waals surface area contributed by atoms with Crippen LogP contribution in [0.5, 0.6) is 5.75 Å². The normalized spacial score (nSPS) is 23.1. The average Bonchev–Trinajstić information content (AvgIpc) is 2.34. The van der Waals surface area contributed by atoms with Crippen molar-refractivity contribution in [2.24, 2.45) is 11.8 Å². The van der Waals surface area contributed by atoms with Crippen LogP contribution < -0.4 is 5.32 Å². The minimum absolute atomic E-state index is 0.415. The highest BCUT2D eigenvalue weighted by atomic mass is 16.3. The Balaban J connectivity index is 2.00. The molecule has 0 bridgehead atoms. The lowest BCUT2D eigenvalue weighted by atomic mass is 9.83. The molecular weight excluding hydrogens is 234 g/mol. The molecule has 1 aliphatic rings. The molecule has 0 saturated carbocycles. The van der Waals surface area contributed by atoms with Crippen LogP contribution in [0.25, 0.3) is 0 Å². The SMILES string of the molecule is CC1=CC(C)CC(CNc2ccc(C)c(O)c2C)C1. The Labute approximate surface area is 116 Å². The Kier molecular flexibility index (Phi) is 4.18. The highest BCUT2D eigenvalue weighted by Crippen LogP contribution is 2.31. The van der Waals surface area contributed by atoms with Gasteiger partial charge in [-0.05, 0) is 57.1 Å². The van der Waals surface area contributed by atoms with E-state index in [0.29, 0.717) is 17.6 Å². The first-order valence-electron chi connectivity index (χ1n) is 7.17. The van der Waals surface area contributed by atoms with Crippen LogP contribution in [0.15, 0.2) is 23.8 Å². The van der Waals surface area contributed by atoms with Crippen molar-refractivity contribution in [2.75, 3.05) is 11.9 Å². The van der Waals surface area contributed by atoms with Gasteiger partial charge in [-0.1, -0.05) is 24.6 Å². The van der Waals surface area contributed by atoms with Crippen molar-refractivity contribution in [1.82, 2.24) is 0 Å². The van der Waals surface area contributed by atoms with Crippen molar-refractivity contribution >= 4 is 5.69 Å². The third-order valence-electron chi connectivity index (χ3n) is 4.10. The number of rotatable bonds is 3. The number of hydrogen-bond acceptors (Lipinski definition) is 2. The Bertz CT molecular complexity index is 490. The molecule has 1 aromatic carbocycles. The molecule has 104 valence electrons. The fourth-order valence-corrected chi connectivity index (χ4v) is 3.12. The Morgan fingerprint density at radius 3 is 2.68 bits per heavy atom. The Morgan fingerprint density at radius 1 is 1.26 bits per heavy atom. The van der Waals surface area contributed by atoms with Crippen LogP contribution in [0.4, 0.5) is 5.69 Å². The molecule has 0 spiro atoms. The van der Waals surface area contributed by atoms with Gasteiger partial charge in [-0.25, -0.2) is 0 Å². The van der Waals surface area contributed by atoms with Crippen LogP contribution in [0.1, 0.15) is 37.8 Å². The van der Waals surface area contributed by atoms with E-state index in [2.05, 4.69) is 31.3 Å². The first-order valence-corrected chi connectivity index (χ1v) is 7.17. The molecule has 1 aliphatic carbocycles. The third-order valence-corrected chi connectivity index (χ3v) is 4.10. The van der Waals surface area contributed by atoms with Gasteiger partial charge in [-0.2, -0.15) is 0 Å². The lowest BCUT2D eigenvalue weighted by Gasteiger charge is -2.26. The summed E-state index contributed by atoms with van der Waals surface area (Å²) in [5, 5.41) is 13.5. The predicted molar refractivity (Wildman–Crippen MR) is 81.7 cm³/mol. The molecule has 0 aromatic heterocycles. The summed E-state index contributed by atoms with van der Waals surface area (Å²) < 4.78 is 0. The maximum Gasteiger partial charge on any atom is 0.123 e. The van der Waals surface area contributed by atoms with Gasteiger partial charge in [-0.15, -0.1) is 0 Å². The van der Waals surface area contributed by atoms with Gasteiger partial charge in [0, 0.05) is 17.8 Å². The molecule has 2 unspecified atom stereocenters. The molecular formula is C17H25NO. The lowest BCUT2D eigenvalue weighted by Crippen LogP contribution is -2.20. The lowest BCUT2D eigenvalue weighted by molar-refractivity contribution is 0.421. The summed E-state index contributed by atoms with van der Waals surface area (Å²) in [7, 11) is 0. The summed E-state index contributed by atoms with van der Waals surface area (Å²) in [4.78, 5) is 0. The van der Waals surface area contributed by atoms with E-state index in [-0.39, 0.29) is 0 Å². The van der Waals surface area contributed by atoms with E-state index in [1.54, 1.807) is 0 Å². The second-order valence-corrected chi connectivity index (χ2v) is 6.08. The second kappa shape index (κ2) is 5.68. The van der Waals surface area contributed by atoms with Crippen molar-refractivity contribution in [3.8, 4) is 5.75 Å². The van der Waals surface area contributed by atoms with Crippen molar-refractivity contribution in [1.29, 1.82) is 0 Å².